The van der Waals surface area contributed by atoms with Crippen LogP contribution in [-0.4, -0.2) is 62.7 Å². The number of ether oxygens (including phenoxy) is 1. The molecule has 0 aromatic rings. The lowest BCUT2D eigenvalue weighted by Gasteiger charge is -2.32. The number of hydrogen-bond acceptors (Lipinski definition) is 3. The lowest BCUT2D eigenvalue weighted by Crippen LogP contribution is -2.47. The molecule has 76 valence electrons. The third-order valence-electron chi connectivity index (χ3n) is 2.38. The highest BCUT2D eigenvalue weighted by Gasteiger charge is 2.17. The predicted molar refractivity (Wildman–Crippen MR) is 50.6 cm³/mol. The van der Waals surface area contributed by atoms with Crippen LogP contribution < -0.4 is 0 Å². The Hall–Kier alpha value is -0.610. The second-order valence-corrected chi connectivity index (χ2v) is 3.43. The molecule has 13 heavy (non-hydrogen) atoms. The highest BCUT2D eigenvalue weighted by Crippen LogP contribution is 2.01. The summed E-state index contributed by atoms with van der Waals surface area (Å²) in [5.41, 5.74) is 0. The van der Waals surface area contributed by atoms with E-state index in [1.807, 2.05) is 4.90 Å². The summed E-state index contributed by atoms with van der Waals surface area (Å²) < 4.78 is 4.87. The summed E-state index contributed by atoms with van der Waals surface area (Å²) in [7, 11) is 3.70. The molecule has 0 N–H and O–H groups in total. The fourth-order valence-electron chi connectivity index (χ4n) is 1.40. The van der Waals surface area contributed by atoms with Crippen LogP contribution in [0.25, 0.3) is 0 Å². The molecule has 4 heteroatoms. The molecule has 4 nitrogen and oxygen atoms in total. The summed E-state index contributed by atoms with van der Waals surface area (Å²) in [4.78, 5) is 15.6. The monoisotopic (exact) mass is 186 g/mol. The van der Waals surface area contributed by atoms with Gasteiger partial charge in [0.1, 0.15) is 0 Å². The summed E-state index contributed by atoms with van der Waals surface area (Å²) in [6, 6.07) is 0. The Morgan fingerprint density at radius 1 is 1.31 bits per heavy atom. The van der Waals surface area contributed by atoms with Crippen molar-refractivity contribution < 1.29 is 9.53 Å². The van der Waals surface area contributed by atoms with E-state index < -0.39 is 0 Å². The second-order valence-electron chi connectivity index (χ2n) is 3.43. The van der Waals surface area contributed by atoms with Crippen LogP contribution in [0.15, 0.2) is 0 Å². The van der Waals surface area contributed by atoms with Crippen LogP contribution in [-0.2, 0) is 9.53 Å². The molecular weight excluding hydrogens is 168 g/mol. The van der Waals surface area contributed by atoms with E-state index in [0.29, 0.717) is 13.0 Å². The van der Waals surface area contributed by atoms with E-state index in [1.54, 1.807) is 7.11 Å². The second kappa shape index (κ2) is 5.19. The van der Waals surface area contributed by atoms with Crippen molar-refractivity contribution in [2.45, 2.75) is 6.42 Å². The SMILES string of the molecule is COCCC(=O)N1CCN(C)CC1. The molecule has 1 heterocycles. The van der Waals surface area contributed by atoms with E-state index in [4.69, 9.17) is 4.74 Å². The topological polar surface area (TPSA) is 32.8 Å². The van der Waals surface area contributed by atoms with Crippen LogP contribution in [0.2, 0.25) is 0 Å². The van der Waals surface area contributed by atoms with Gasteiger partial charge in [-0.2, -0.15) is 0 Å². The predicted octanol–water partition coefficient (Wildman–Crippen LogP) is -0.203. The van der Waals surface area contributed by atoms with Crippen LogP contribution in [0.3, 0.4) is 0 Å². The standard InChI is InChI=1S/C9H18N2O2/c1-10-4-6-11(7-5-10)9(12)3-8-13-2/h3-8H2,1-2H3. The molecule has 1 saturated heterocycles. The minimum absolute atomic E-state index is 0.218. The highest BCUT2D eigenvalue weighted by molar-refractivity contribution is 5.76. The molecule has 0 atom stereocenters. The molecule has 1 fully saturated rings. The Morgan fingerprint density at radius 3 is 2.46 bits per heavy atom. The summed E-state index contributed by atoms with van der Waals surface area (Å²) in [5, 5.41) is 0. The first-order chi connectivity index (χ1) is 6.24. The van der Waals surface area contributed by atoms with Crippen LogP contribution in [0.1, 0.15) is 6.42 Å². The third-order valence-corrected chi connectivity index (χ3v) is 2.38. The van der Waals surface area contributed by atoms with Gasteiger partial charge in [0.25, 0.3) is 0 Å². The van der Waals surface area contributed by atoms with E-state index >= 15 is 0 Å². The number of carbonyl (C=O) groups excluding carboxylic acids is 1. The number of methoxy groups -OCH3 is 1. The van der Waals surface area contributed by atoms with Crippen molar-refractivity contribution in [3.8, 4) is 0 Å². The Kier molecular flexibility index (Phi) is 4.18. The molecular formula is C9H18N2O2. The lowest BCUT2D eigenvalue weighted by atomic mass is 10.3. The maximum absolute atomic E-state index is 11.5. The zero-order valence-corrected chi connectivity index (χ0v) is 8.45. The van der Waals surface area contributed by atoms with Crippen LogP contribution in [0.5, 0.6) is 0 Å². The van der Waals surface area contributed by atoms with Gasteiger partial charge in [0.15, 0.2) is 0 Å². The zero-order chi connectivity index (χ0) is 9.68. The maximum atomic E-state index is 11.5. The zero-order valence-electron chi connectivity index (χ0n) is 8.45. The van der Waals surface area contributed by atoms with Gasteiger partial charge >= 0.3 is 0 Å². The number of hydrogen-bond donors (Lipinski definition) is 0. The van der Waals surface area contributed by atoms with Gasteiger partial charge in [-0.25, -0.2) is 0 Å². The van der Waals surface area contributed by atoms with Gasteiger partial charge < -0.3 is 14.5 Å². The average molecular weight is 186 g/mol. The normalized spacial score (nSPS) is 19.1. The molecule has 1 rings (SSSR count). The Balaban J connectivity index is 2.23. The summed E-state index contributed by atoms with van der Waals surface area (Å²) in [6.45, 7) is 4.22. The van der Waals surface area contributed by atoms with Gasteiger partial charge in [-0.05, 0) is 7.05 Å². The van der Waals surface area contributed by atoms with E-state index in [-0.39, 0.29) is 5.91 Å². The minimum atomic E-state index is 0.218. The number of likely N-dealkylation sites (N-methyl/N-ethyl adjacent to an activating group) is 1. The maximum Gasteiger partial charge on any atom is 0.224 e. The highest BCUT2D eigenvalue weighted by atomic mass is 16.5. The first-order valence-corrected chi connectivity index (χ1v) is 4.69. The van der Waals surface area contributed by atoms with Gasteiger partial charge in [0.2, 0.25) is 5.91 Å². The van der Waals surface area contributed by atoms with Crippen molar-refractivity contribution in [2.24, 2.45) is 0 Å². The summed E-state index contributed by atoms with van der Waals surface area (Å²) in [6.07, 6.45) is 0.514. The van der Waals surface area contributed by atoms with Crippen molar-refractivity contribution in [2.75, 3.05) is 46.9 Å². The summed E-state index contributed by atoms with van der Waals surface area (Å²) >= 11 is 0. The summed E-state index contributed by atoms with van der Waals surface area (Å²) in [5.74, 6) is 0.218. The minimum Gasteiger partial charge on any atom is -0.384 e. The Morgan fingerprint density at radius 2 is 1.92 bits per heavy atom. The Bertz CT molecular complexity index is 165. The van der Waals surface area contributed by atoms with Crippen molar-refractivity contribution in [3.05, 3.63) is 0 Å². The van der Waals surface area contributed by atoms with E-state index in [2.05, 4.69) is 11.9 Å². The number of carbonyl (C=O) groups is 1. The number of rotatable bonds is 3. The van der Waals surface area contributed by atoms with Crippen molar-refractivity contribution >= 4 is 5.91 Å². The third kappa shape index (κ3) is 3.32. The lowest BCUT2D eigenvalue weighted by molar-refractivity contribution is -0.133. The molecule has 1 aliphatic heterocycles. The quantitative estimate of drug-likeness (QED) is 0.612. The van der Waals surface area contributed by atoms with Gasteiger partial charge in [-0.1, -0.05) is 0 Å². The van der Waals surface area contributed by atoms with Crippen LogP contribution in [0, 0.1) is 0 Å². The molecule has 0 aliphatic carbocycles. The first-order valence-electron chi connectivity index (χ1n) is 4.69. The number of nitrogens with zero attached hydrogens (tertiary/aromatic N) is 2. The molecule has 0 saturated carbocycles. The molecule has 0 aromatic heterocycles. The van der Waals surface area contributed by atoms with E-state index in [0.717, 1.165) is 26.2 Å². The Labute approximate surface area is 79.4 Å². The molecule has 0 unspecified atom stereocenters. The van der Waals surface area contributed by atoms with Gasteiger partial charge in [0.05, 0.1) is 13.0 Å². The number of amides is 1. The van der Waals surface area contributed by atoms with Crippen LogP contribution >= 0.6 is 0 Å². The van der Waals surface area contributed by atoms with Gasteiger partial charge in [0, 0.05) is 33.3 Å². The largest absolute Gasteiger partial charge is 0.384 e. The number of piperazine rings is 1. The molecule has 0 radical (unpaired) electrons. The van der Waals surface area contributed by atoms with Crippen molar-refractivity contribution in [3.63, 3.8) is 0 Å². The molecule has 0 bridgehead atoms. The van der Waals surface area contributed by atoms with Gasteiger partial charge in [-0.3, -0.25) is 4.79 Å². The average Bonchev–Trinajstić information content (AvgIpc) is 2.15. The fourth-order valence-corrected chi connectivity index (χ4v) is 1.40. The fraction of sp³-hybridized carbons (Fsp3) is 0.889. The molecule has 0 aromatic carbocycles. The van der Waals surface area contributed by atoms with Crippen LogP contribution in [0.4, 0.5) is 0 Å². The van der Waals surface area contributed by atoms with Crippen molar-refractivity contribution in [1.29, 1.82) is 0 Å². The smallest absolute Gasteiger partial charge is 0.224 e. The molecule has 0 spiro atoms. The molecule has 1 amide bonds. The van der Waals surface area contributed by atoms with E-state index in [9.17, 15) is 4.79 Å². The first kappa shape index (κ1) is 10.5. The van der Waals surface area contributed by atoms with Crippen molar-refractivity contribution in [1.82, 2.24) is 9.80 Å². The van der Waals surface area contributed by atoms with E-state index in [1.165, 1.54) is 0 Å². The van der Waals surface area contributed by atoms with Gasteiger partial charge in [-0.15, -0.1) is 0 Å². The molecule has 1 aliphatic rings.